The highest BCUT2D eigenvalue weighted by molar-refractivity contribution is 7.22. The number of fused-ring (bicyclic) bond motifs is 1. The van der Waals surface area contributed by atoms with E-state index in [-0.39, 0.29) is 0 Å². The maximum atomic E-state index is 10.8. The molecule has 0 aliphatic carbocycles. The number of hydrogen-bond donors (Lipinski definition) is 2. The third-order valence-corrected chi connectivity index (χ3v) is 3.30. The molecule has 0 unspecified atom stereocenters. The number of urea groups is 1. The smallest absolute Gasteiger partial charge is 0.317 e. The van der Waals surface area contributed by atoms with Crippen molar-refractivity contribution < 1.29 is 4.79 Å². The molecule has 2 heterocycles. The highest BCUT2D eigenvalue weighted by Crippen LogP contribution is 2.33. The lowest BCUT2D eigenvalue weighted by Gasteiger charge is -1.97. The fourth-order valence-electron chi connectivity index (χ4n) is 1.42. The average Bonchev–Trinajstić information content (AvgIpc) is 2.42. The van der Waals surface area contributed by atoms with Gasteiger partial charge in [0.2, 0.25) is 0 Å². The number of nitrogens with two attached hydrogens (primary N) is 1. The van der Waals surface area contributed by atoms with Gasteiger partial charge in [-0.3, -0.25) is 5.32 Å². The van der Waals surface area contributed by atoms with Gasteiger partial charge in [-0.15, -0.1) is 0 Å². The number of primary amides is 1. The van der Waals surface area contributed by atoms with Crippen molar-refractivity contribution >= 4 is 32.6 Å². The van der Waals surface area contributed by atoms with Crippen LogP contribution in [0.3, 0.4) is 0 Å². The van der Waals surface area contributed by atoms with E-state index < -0.39 is 6.03 Å². The third-order valence-electron chi connectivity index (χ3n) is 2.18. The summed E-state index contributed by atoms with van der Waals surface area (Å²) in [6, 6.07) is 3.42. The molecule has 15 heavy (non-hydrogen) atoms. The molecule has 0 aromatic carbocycles. The lowest BCUT2D eigenvalue weighted by molar-refractivity contribution is 0.259. The highest BCUT2D eigenvalue weighted by Gasteiger charge is 2.10. The van der Waals surface area contributed by atoms with E-state index in [0.717, 1.165) is 26.5 Å². The predicted octanol–water partition coefficient (Wildman–Crippen LogP) is 2.40. The summed E-state index contributed by atoms with van der Waals surface area (Å²) in [5.41, 5.74) is 7.06. The Labute approximate surface area is 91.1 Å². The number of thiophene rings is 1. The quantitative estimate of drug-likeness (QED) is 0.776. The summed E-state index contributed by atoms with van der Waals surface area (Å²) in [6.45, 7) is 3.89. The van der Waals surface area contributed by atoms with Crippen molar-refractivity contribution in [2.75, 3.05) is 5.32 Å². The first-order chi connectivity index (χ1) is 7.08. The zero-order chi connectivity index (χ0) is 11.0. The van der Waals surface area contributed by atoms with Crippen molar-refractivity contribution in [2.45, 2.75) is 13.8 Å². The Balaban J connectivity index is 2.58. The molecule has 0 saturated carbocycles. The largest absolute Gasteiger partial charge is 0.351 e. The Morgan fingerprint density at radius 3 is 2.87 bits per heavy atom. The maximum Gasteiger partial charge on any atom is 0.317 e. The van der Waals surface area contributed by atoms with Gasteiger partial charge in [-0.1, -0.05) is 11.3 Å². The lowest BCUT2D eigenvalue weighted by Crippen LogP contribution is -2.18. The van der Waals surface area contributed by atoms with Crippen LogP contribution in [0.2, 0.25) is 0 Å². The van der Waals surface area contributed by atoms with Gasteiger partial charge in [0, 0.05) is 11.1 Å². The van der Waals surface area contributed by atoms with E-state index in [2.05, 4.69) is 10.3 Å². The zero-order valence-corrected chi connectivity index (χ0v) is 9.31. The Hall–Kier alpha value is -1.62. The second-order valence-electron chi connectivity index (χ2n) is 3.35. The summed E-state index contributed by atoms with van der Waals surface area (Å²) in [6.07, 6.45) is 0. The summed E-state index contributed by atoms with van der Waals surface area (Å²) in [5, 5.41) is 4.44. The molecule has 78 valence electrons. The minimum Gasteiger partial charge on any atom is -0.351 e. The van der Waals surface area contributed by atoms with Crippen molar-refractivity contribution in [1.29, 1.82) is 0 Å². The van der Waals surface area contributed by atoms with E-state index in [4.69, 9.17) is 5.73 Å². The number of anilines is 1. The van der Waals surface area contributed by atoms with Crippen molar-refractivity contribution in [3.05, 3.63) is 23.4 Å². The molecule has 2 aromatic heterocycles. The first kappa shape index (κ1) is 9.92. The number of pyridine rings is 1. The number of carbonyl (C=O) groups excluding carboxylic acids is 1. The molecule has 5 heteroatoms. The zero-order valence-electron chi connectivity index (χ0n) is 8.50. The van der Waals surface area contributed by atoms with E-state index in [1.807, 2.05) is 26.0 Å². The molecule has 0 aliphatic heterocycles. The molecule has 0 atom stereocenters. The van der Waals surface area contributed by atoms with Crippen molar-refractivity contribution in [3.8, 4) is 0 Å². The number of nitrogens with zero attached hydrogens (tertiary/aromatic N) is 1. The first-order valence-electron chi connectivity index (χ1n) is 4.51. The number of hydrogen-bond acceptors (Lipinski definition) is 3. The Bertz CT molecular complexity index is 533. The van der Waals surface area contributed by atoms with Crippen LogP contribution in [-0.4, -0.2) is 11.0 Å². The summed E-state index contributed by atoms with van der Waals surface area (Å²) >= 11 is 1.44. The number of nitrogens with one attached hydrogen (secondary N) is 1. The van der Waals surface area contributed by atoms with E-state index >= 15 is 0 Å². The van der Waals surface area contributed by atoms with Crippen LogP contribution in [0.25, 0.3) is 10.2 Å². The van der Waals surface area contributed by atoms with E-state index in [1.165, 1.54) is 11.3 Å². The van der Waals surface area contributed by atoms with Crippen LogP contribution >= 0.6 is 11.3 Å². The Kier molecular flexibility index (Phi) is 2.32. The molecule has 0 spiro atoms. The molecular formula is C10H11N3OS. The summed E-state index contributed by atoms with van der Waals surface area (Å²) in [5.74, 6) is 0. The molecule has 0 aliphatic rings. The summed E-state index contributed by atoms with van der Waals surface area (Å²) < 4.78 is 0. The molecule has 2 rings (SSSR count). The van der Waals surface area contributed by atoms with Crippen molar-refractivity contribution in [1.82, 2.24) is 4.98 Å². The monoisotopic (exact) mass is 221 g/mol. The minimum absolute atomic E-state index is 0.540. The Morgan fingerprint density at radius 1 is 1.47 bits per heavy atom. The fourth-order valence-corrected chi connectivity index (χ4v) is 2.55. The van der Waals surface area contributed by atoms with Crippen LogP contribution in [0.4, 0.5) is 9.80 Å². The van der Waals surface area contributed by atoms with Gasteiger partial charge >= 0.3 is 6.03 Å². The Morgan fingerprint density at radius 2 is 2.20 bits per heavy atom. The van der Waals surface area contributed by atoms with E-state index in [1.54, 1.807) is 0 Å². The molecule has 0 radical (unpaired) electrons. The summed E-state index contributed by atoms with van der Waals surface area (Å²) in [7, 11) is 0. The molecule has 0 saturated heterocycles. The molecule has 3 N–H and O–H groups in total. The second kappa shape index (κ2) is 3.51. The molecule has 4 nitrogen and oxygen atoms in total. The lowest BCUT2D eigenvalue weighted by atomic mass is 10.2. The van der Waals surface area contributed by atoms with Crippen LogP contribution < -0.4 is 11.1 Å². The van der Waals surface area contributed by atoms with Gasteiger partial charge in [0.1, 0.15) is 9.83 Å². The number of amides is 2. The van der Waals surface area contributed by atoms with Gasteiger partial charge < -0.3 is 5.73 Å². The van der Waals surface area contributed by atoms with Gasteiger partial charge in [0.25, 0.3) is 0 Å². The highest BCUT2D eigenvalue weighted by atomic mass is 32.1. The van der Waals surface area contributed by atoms with Gasteiger partial charge in [-0.2, -0.15) is 0 Å². The van der Waals surface area contributed by atoms with Crippen LogP contribution in [-0.2, 0) is 0 Å². The number of carbonyl (C=O) groups is 1. The van der Waals surface area contributed by atoms with Crippen LogP contribution in [0.5, 0.6) is 0 Å². The minimum atomic E-state index is -0.540. The SMILES string of the molecule is Cc1ccc2c(C)c(NC(N)=O)sc2n1. The predicted molar refractivity (Wildman–Crippen MR) is 62.3 cm³/mol. The molecule has 0 bridgehead atoms. The first-order valence-corrected chi connectivity index (χ1v) is 5.33. The van der Waals surface area contributed by atoms with Gasteiger partial charge in [-0.25, -0.2) is 9.78 Å². The molecule has 2 amide bonds. The van der Waals surface area contributed by atoms with Gasteiger partial charge in [-0.05, 0) is 31.5 Å². The number of aryl methyl sites for hydroxylation is 2. The van der Waals surface area contributed by atoms with Crippen LogP contribution in [0, 0.1) is 13.8 Å². The molecular weight excluding hydrogens is 210 g/mol. The van der Waals surface area contributed by atoms with Gasteiger partial charge in [0.05, 0.1) is 0 Å². The summed E-state index contributed by atoms with van der Waals surface area (Å²) in [4.78, 5) is 16.1. The molecule has 0 fully saturated rings. The number of rotatable bonds is 1. The van der Waals surface area contributed by atoms with Crippen LogP contribution in [0.1, 0.15) is 11.3 Å². The standard InChI is InChI=1S/C10H11N3OS/c1-5-3-4-7-6(2)8(13-10(11)14)15-9(7)12-5/h3-4H,1-2H3,(H3,11,13,14). The topological polar surface area (TPSA) is 68.0 Å². The average molecular weight is 221 g/mol. The molecule has 2 aromatic rings. The van der Waals surface area contributed by atoms with Crippen LogP contribution in [0.15, 0.2) is 12.1 Å². The van der Waals surface area contributed by atoms with E-state index in [9.17, 15) is 4.79 Å². The van der Waals surface area contributed by atoms with Gasteiger partial charge in [0.15, 0.2) is 0 Å². The fraction of sp³-hybridized carbons (Fsp3) is 0.200. The second-order valence-corrected chi connectivity index (χ2v) is 4.35. The third kappa shape index (κ3) is 1.78. The number of aromatic nitrogens is 1. The van der Waals surface area contributed by atoms with Crippen molar-refractivity contribution in [3.63, 3.8) is 0 Å². The normalized spacial score (nSPS) is 10.5. The van der Waals surface area contributed by atoms with E-state index in [0.29, 0.717) is 0 Å². The van der Waals surface area contributed by atoms with Crippen molar-refractivity contribution in [2.24, 2.45) is 5.73 Å². The maximum absolute atomic E-state index is 10.8.